The highest BCUT2D eigenvalue weighted by Gasteiger charge is 2.20. The summed E-state index contributed by atoms with van der Waals surface area (Å²) in [5.74, 6) is 0.583. The molecule has 1 atom stereocenters. The van der Waals surface area contributed by atoms with E-state index in [2.05, 4.69) is 39.0 Å². The van der Waals surface area contributed by atoms with Crippen LogP contribution in [-0.4, -0.2) is 6.54 Å². The molecule has 0 heterocycles. The van der Waals surface area contributed by atoms with E-state index >= 15 is 0 Å². The van der Waals surface area contributed by atoms with E-state index in [0.29, 0.717) is 11.3 Å². The van der Waals surface area contributed by atoms with Crippen molar-refractivity contribution in [3.05, 3.63) is 23.8 Å². The summed E-state index contributed by atoms with van der Waals surface area (Å²) < 4.78 is 0. The van der Waals surface area contributed by atoms with Crippen molar-refractivity contribution >= 4 is 0 Å². The summed E-state index contributed by atoms with van der Waals surface area (Å²) >= 11 is 0. The maximum absolute atomic E-state index is 5.85. The van der Waals surface area contributed by atoms with Crippen molar-refractivity contribution in [3.8, 4) is 0 Å². The van der Waals surface area contributed by atoms with Crippen LogP contribution in [0.15, 0.2) is 23.8 Å². The second kappa shape index (κ2) is 4.79. The Morgan fingerprint density at radius 3 is 2.57 bits per heavy atom. The summed E-state index contributed by atoms with van der Waals surface area (Å²) in [4.78, 5) is 0. The van der Waals surface area contributed by atoms with Crippen LogP contribution in [-0.2, 0) is 0 Å². The highest BCUT2D eigenvalue weighted by atomic mass is 14.6. The Balaban J connectivity index is 2.62. The molecule has 14 heavy (non-hydrogen) atoms. The monoisotopic (exact) mass is 193 g/mol. The van der Waals surface area contributed by atoms with Crippen LogP contribution in [0.25, 0.3) is 0 Å². The SMILES string of the molecule is CC(C)(C)CC(CN)C1=CC=CCC1. The summed E-state index contributed by atoms with van der Waals surface area (Å²) in [6.07, 6.45) is 10.2. The summed E-state index contributed by atoms with van der Waals surface area (Å²) in [6.45, 7) is 7.65. The number of hydrogen-bond acceptors (Lipinski definition) is 1. The highest BCUT2D eigenvalue weighted by molar-refractivity contribution is 5.20. The Bertz CT molecular complexity index is 230. The molecule has 0 aromatic carbocycles. The maximum atomic E-state index is 5.85. The Morgan fingerprint density at radius 1 is 1.43 bits per heavy atom. The van der Waals surface area contributed by atoms with Crippen LogP contribution < -0.4 is 5.73 Å². The van der Waals surface area contributed by atoms with E-state index in [1.165, 1.54) is 19.3 Å². The van der Waals surface area contributed by atoms with Crippen LogP contribution in [0, 0.1) is 11.3 Å². The third-order valence-corrected chi connectivity index (χ3v) is 2.71. The summed E-state index contributed by atoms with van der Waals surface area (Å²) in [5, 5.41) is 0. The molecule has 1 unspecified atom stereocenters. The average molecular weight is 193 g/mol. The first-order valence-corrected chi connectivity index (χ1v) is 5.58. The third kappa shape index (κ3) is 3.67. The van der Waals surface area contributed by atoms with Crippen LogP contribution in [0.3, 0.4) is 0 Å². The van der Waals surface area contributed by atoms with Crippen LogP contribution >= 0.6 is 0 Å². The lowest BCUT2D eigenvalue weighted by molar-refractivity contribution is 0.317. The van der Waals surface area contributed by atoms with Crippen LogP contribution in [0.4, 0.5) is 0 Å². The average Bonchev–Trinajstić information content (AvgIpc) is 2.14. The van der Waals surface area contributed by atoms with Gasteiger partial charge in [0.2, 0.25) is 0 Å². The molecule has 0 fully saturated rings. The molecule has 1 rings (SSSR count). The van der Waals surface area contributed by atoms with Crippen molar-refractivity contribution in [1.82, 2.24) is 0 Å². The quantitative estimate of drug-likeness (QED) is 0.731. The summed E-state index contributed by atoms with van der Waals surface area (Å²) in [6, 6.07) is 0. The number of hydrogen-bond donors (Lipinski definition) is 1. The lowest BCUT2D eigenvalue weighted by Crippen LogP contribution is -2.23. The van der Waals surface area contributed by atoms with Gasteiger partial charge in [-0.1, -0.05) is 44.6 Å². The number of rotatable bonds is 3. The fourth-order valence-corrected chi connectivity index (χ4v) is 2.07. The van der Waals surface area contributed by atoms with Gasteiger partial charge in [-0.05, 0) is 37.1 Å². The smallest absolute Gasteiger partial charge is 0.00112 e. The summed E-state index contributed by atoms with van der Waals surface area (Å²) in [5.41, 5.74) is 7.77. The van der Waals surface area contributed by atoms with Gasteiger partial charge in [0.05, 0.1) is 0 Å². The van der Waals surface area contributed by atoms with Crippen LogP contribution in [0.2, 0.25) is 0 Å². The van der Waals surface area contributed by atoms with Gasteiger partial charge in [-0.25, -0.2) is 0 Å². The molecule has 1 aliphatic carbocycles. The van der Waals surface area contributed by atoms with Gasteiger partial charge in [0, 0.05) is 0 Å². The predicted octanol–water partition coefficient (Wildman–Crippen LogP) is 3.27. The standard InChI is InChI=1S/C13H23N/c1-13(2,3)9-12(10-14)11-7-5-4-6-8-11/h4-5,7,12H,6,8-10,14H2,1-3H3. The van der Waals surface area contributed by atoms with Crippen LogP contribution in [0.5, 0.6) is 0 Å². The zero-order valence-corrected chi connectivity index (χ0v) is 9.72. The molecular weight excluding hydrogens is 170 g/mol. The minimum Gasteiger partial charge on any atom is -0.330 e. The molecule has 0 saturated heterocycles. The largest absolute Gasteiger partial charge is 0.330 e. The molecule has 1 heteroatoms. The number of nitrogens with two attached hydrogens (primary N) is 1. The molecule has 0 aromatic rings. The van der Waals surface area contributed by atoms with E-state index in [1.54, 1.807) is 5.57 Å². The van der Waals surface area contributed by atoms with E-state index in [9.17, 15) is 0 Å². The molecule has 0 aliphatic heterocycles. The minimum absolute atomic E-state index is 0.381. The van der Waals surface area contributed by atoms with E-state index < -0.39 is 0 Å². The molecule has 0 aromatic heterocycles. The highest BCUT2D eigenvalue weighted by Crippen LogP contribution is 2.31. The molecule has 2 N–H and O–H groups in total. The van der Waals surface area contributed by atoms with Crippen molar-refractivity contribution in [2.24, 2.45) is 17.1 Å². The van der Waals surface area contributed by atoms with E-state index in [4.69, 9.17) is 5.73 Å². The first kappa shape index (κ1) is 11.5. The van der Waals surface area contributed by atoms with Crippen molar-refractivity contribution in [2.75, 3.05) is 6.54 Å². The van der Waals surface area contributed by atoms with Gasteiger partial charge < -0.3 is 5.73 Å². The van der Waals surface area contributed by atoms with E-state index in [1.807, 2.05) is 0 Å². The van der Waals surface area contributed by atoms with Gasteiger partial charge in [-0.15, -0.1) is 0 Å². The maximum Gasteiger partial charge on any atom is -0.00112 e. The third-order valence-electron chi connectivity index (χ3n) is 2.71. The zero-order chi connectivity index (χ0) is 10.6. The van der Waals surface area contributed by atoms with Gasteiger partial charge in [0.25, 0.3) is 0 Å². The molecule has 0 bridgehead atoms. The Hall–Kier alpha value is -0.560. The van der Waals surface area contributed by atoms with E-state index in [-0.39, 0.29) is 0 Å². The van der Waals surface area contributed by atoms with Crippen molar-refractivity contribution in [1.29, 1.82) is 0 Å². The topological polar surface area (TPSA) is 26.0 Å². The van der Waals surface area contributed by atoms with Crippen molar-refractivity contribution in [2.45, 2.75) is 40.0 Å². The first-order chi connectivity index (χ1) is 6.53. The molecule has 1 aliphatic rings. The molecular formula is C13H23N. The lowest BCUT2D eigenvalue weighted by atomic mass is 9.79. The summed E-state index contributed by atoms with van der Waals surface area (Å²) in [7, 11) is 0. The second-order valence-electron chi connectivity index (χ2n) is 5.41. The number of allylic oxidation sites excluding steroid dienone is 3. The van der Waals surface area contributed by atoms with Gasteiger partial charge >= 0.3 is 0 Å². The van der Waals surface area contributed by atoms with Crippen LogP contribution in [0.1, 0.15) is 40.0 Å². The Morgan fingerprint density at radius 2 is 2.14 bits per heavy atom. The minimum atomic E-state index is 0.381. The molecule has 0 amide bonds. The fraction of sp³-hybridized carbons (Fsp3) is 0.692. The molecule has 80 valence electrons. The van der Waals surface area contributed by atoms with E-state index in [0.717, 1.165) is 6.54 Å². The molecule has 0 saturated carbocycles. The van der Waals surface area contributed by atoms with Gasteiger partial charge in [0.15, 0.2) is 0 Å². The van der Waals surface area contributed by atoms with Gasteiger partial charge in [-0.3, -0.25) is 0 Å². The Labute approximate surface area is 88.1 Å². The molecule has 0 radical (unpaired) electrons. The normalized spacial score (nSPS) is 19.3. The van der Waals surface area contributed by atoms with Crippen molar-refractivity contribution < 1.29 is 0 Å². The first-order valence-electron chi connectivity index (χ1n) is 5.58. The lowest BCUT2D eigenvalue weighted by Gasteiger charge is -2.27. The molecule has 1 nitrogen and oxygen atoms in total. The van der Waals surface area contributed by atoms with Gasteiger partial charge in [-0.2, -0.15) is 0 Å². The van der Waals surface area contributed by atoms with Gasteiger partial charge in [0.1, 0.15) is 0 Å². The zero-order valence-electron chi connectivity index (χ0n) is 9.72. The predicted molar refractivity (Wildman–Crippen MR) is 63.1 cm³/mol. The fourth-order valence-electron chi connectivity index (χ4n) is 2.07. The van der Waals surface area contributed by atoms with Crippen molar-refractivity contribution in [3.63, 3.8) is 0 Å². The second-order valence-corrected chi connectivity index (χ2v) is 5.41. The Kier molecular flexibility index (Phi) is 3.94. The molecule has 0 spiro atoms.